The Morgan fingerprint density at radius 1 is 1.23 bits per heavy atom. The number of azo groups is 1. The number of carbonyl (C=O) groups is 1. The molecule has 3 aliphatic heterocycles. The highest BCUT2D eigenvalue weighted by atomic mass is 19.4. The van der Waals surface area contributed by atoms with Gasteiger partial charge in [0.25, 0.3) is 5.91 Å². The summed E-state index contributed by atoms with van der Waals surface area (Å²) in [4.78, 5) is 13.2. The van der Waals surface area contributed by atoms with Crippen LogP contribution in [0.2, 0.25) is 0 Å². The number of hydrogen-bond donors (Lipinski definition) is 1. The Kier molecular flexibility index (Phi) is 4.18. The lowest BCUT2D eigenvalue weighted by Crippen LogP contribution is -2.38. The lowest BCUT2D eigenvalue weighted by atomic mass is 10.0. The van der Waals surface area contributed by atoms with Crippen molar-refractivity contribution in [3.63, 3.8) is 0 Å². The molecule has 1 aromatic carbocycles. The lowest BCUT2D eigenvalue weighted by Gasteiger charge is -2.28. The van der Waals surface area contributed by atoms with Crippen LogP contribution in [0.3, 0.4) is 0 Å². The topological polar surface area (TPSA) is 66.3 Å². The van der Waals surface area contributed by atoms with E-state index in [0.29, 0.717) is 12.3 Å². The summed E-state index contributed by atoms with van der Waals surface area (Å²) in [6, 6.07) is 5.56. The molecule has 0 saturated carbocycles. The number of amides is 1. The monoisotopic (exact) mass is 366 g/mol. The number of rotatable bonds is 3. The lowest BCUT2D eigenvalue weighted by molar-refractivity contribution is -0.177. The highest BCUT2D eigenvalue weighted by Crippen LogP contribution is 2.40. The Balaban J connectivity index is 1.53. The first-order valence-electron chi connectivity index (χ1n) is 8.37. The molecule has 1 aromatic rings. The van der Waals surface area contributed by atoms with Crippen LogP contribution in [-0.2, 0) is 17.9 Å². The third kappa shape index (κ3) is 3.18. The third-order valence-corrected chi connectivity index (χ3v) is 4.80. The molecule has 4 rings (SSSR count). The first kappa shape index (κ1) is 17.0. The van der Waals surface area contributed by atoms with Crippen LogP contribution in [0.1, 0.15) is 17.5 Å². The molecular formula is C17H17F3N4O2. The molecule has 1 amide bonds. The maximum Gasteiger partial charge on any atom is 0.406 e. The van der Waals surface area contributed by atoms with Gasteiger partial charge in [-0.05, 0) is 36.2 Å². The van der Waals surface area contributed by atoms with E-state index in [9.17, 15) is 18.0 Å². The van der Waals surface area contributed by atoms with E-state index in [-0.39, 0.29) is 18.3 Å². The normalized spacial score (nSPS) is 25.4. The maximum atomic E-state index is 13.3. The molecule has 0 aromatic heterocycles. The van der Waals surface area contributed by atoms with Crippen molar-refractivity contribution in [2.45, 2.75) is 31.8 Å². The van der Waals surface area contributed by atoms with E-state index in [0.717, 1.165) is 36.8 Å². The molecule has 1 N–H and O–H groups in total. The van der Waals surface area contributed by atoms with E-state index in [1.54, 1.807) is 0 Å². The summed E-state index contributed by atoms with van der Waals surface area (Å²) in [6.07, 6.45) is -2.62. The molecule has 0 spiro atoms. The predicted molar refractivity (Wildman–Crippen MR) is 85.1 cm³/mol. The molecule has 2 unspecified atom stereocenters. The zero-order valence-electron chi connectivity index (χ0n) is 13.8. The summed E-state index contributed by atoms with van der Waals surface area (Å²) < 4.78 is 45.8. The standard InChI is InChI=1S/C17H17F3N4O2/c18-17(19,20)15-14(7-22-23-16(15)25)24-8-10-1-2-12(5-11(10)9-24)26-13-3-4-21-6-13/h1-2,5,7,13,15,21H,3-4,6,8-9H2. The fourth-order valence-electron chi connectivity index (χ4n) is 3.52. The van der Waals surface area contributed by atoms with Gasteiger partial charge >= 0.3 is 6.18 Å². The van der Waals surface area contributed by atoms with Crippen LogP contribution in [0, 0.1) is 5.92 Å². The Bertz CT molecular complexity index is 785. The van der Waals surface area contributed by atoms with Crippen molar-refractivity contribution in [3.8, 4) is 5.75 Å². The molecule has 9 heteroatoms. The number of alkyl halides is 3. The molecule has 138 valence electrons. The third-order valence-electron chi connectivity index (χ3n) is 4.80. The first-order chi connectivity index (χ1) is 12.4. The van der Waals surface area contributed by atoms with Gasteiger partial charge in [0.2, 0.25) is 0 Å². The number of hydrogen-bond acceptors (Lipinski definition) is 5. The van der Waals surface area contributed by atoms with Gasteiger partial charge in [-0.2, -0.15) is 18.3 Å². The van der Waals surface area contributed by atoms with Gasteiger partial charge in [0.05, 0.1) is 11.9 Å². The van der Waals surface area contributed by atoms with Crippen molar-refractivity contribution in [2.75, 3.05) is 13.1 Å². The van der Waals surface area contributed by atoms with Gasteiger partial charge in [-0.3, -0.25) is 4.79 Å². The van der Waals surface area contributed by atoms with Crippen molar-refractivity contribution in [2.24, 2.45) is 16.1 Å². The van der Waals surface area contributed by atoms with Crippen molar-refractivity contribution in [1.29, 1.82) is 0 Å². The minimum Gasteiger partial charge on any atom is -0.489 e. The minimum absolute atomic E-state index is 0.110. The smallest absolute Gasteiger partial charge is 0.406 e. The summed E-state index contributed by atoms with van der Waals surface area (Å²) in [5.41, 5.74) is 1.65. The number of nitrogens with one attached hydrogen (secondary N) is 1. The van der Waals surface area contributed by atoms with Crippen molar-refractivity contribution < 1.29 is 22.7 Å². The largest absolute Gasteiger partial charge is 0.489 e. The molecule has 1 fully saturated rings. The molecular weight excluding hydrogens is 349 g/mol. The van der Waals surface area contributed by atoms with Gasteiger partial charge in [0.1, 0.15) is 11.9 Å². The van der Waals surface area contributed by atoms with E-state index in [2.05, 4.69) is 15.5 Å². The fraction of sp³-hybridized carbons (Fsp3) is 0.471. The van der Waals surface area contributed by atoms with Gasteiger partial charge in [0.15, 0.2) is 5.92 Å². The molecule has 0 radical (unpaired) electrons. The number of benzene rings is 1. The van der Waals surface area contributed by atoms with E-state index < -0.39 is 18.0 Å². The van der Waals surface area contributed by atoms with Gasteiger partial charge in [-0.25, -0.2) is 0 Å². The van der Waals surface area contributed by atoms with Crippen molar-refractivity contribution >= 4 is 5.91 Å². The number of ether oxygens (including phenoxy) is 1. The van der Waals surface area contributed by atoms with E-state index in [1.165, 1.54) is 4.90 Å². The maximum absolute atomic E-state index is 13.3. The number of carbonyl (C=O) groups excluding carboxylic acids is 1. The number of nitrogens with zero attached hydrogens (tertiary/aromatic N) is 3. The van der Waals surface area contributed by atoms with Gasteiger partial charge in [-0.1, -0.05) is 6.07 Å². The highest BCUT2D eigenvalue weighted by molar-refractivity contribution is 5.83. The van der Waals surface area contributed by atoms with Gasteiger partial charge in [0, 0.05) is 19.6 Å². The van der Waals surface area contributed by atoms with Crippen LogP contribution in [0.25, 0.3) is 0 Å². The fourth-order valence-corrected chi connectivity index (χ4v) is 3.52. The Hall–Kier alpha value is -2.42. The van der Waals surface area contributed by atoms with Crippen LogP contribution in [-0.4, -0.2) is 36.2 Å². The van der Waals surface area contributed by atoms with Gasteiger partial charge < -0.3 is 15.0 Å². The Labute approximate surface area is 147 Å². The SMILES string of the molecule is O=C1N=NC=C(N2Cc3ccc(OC4CCNC4)cc3C2)C1C(F)(F)F. The zero-order valence-corrected chi connectivity index (χ0v) is 13.8. The molecule has 0 aliphatic carbocycles. The zero-order chi connectivity index (χ0) is 18.3. The highest BCUT2D eigenvalue weighted by Gasteiger charge is 2.50. The summed E-state index contributed by atoms with van der Waals surface area (Å²) in [6.45, 7) is 2.27. The average molecular weight is 366 g/mol. The quantitative estimate of drug-likeness (QED) is 0.893. The van der Waals surface area contributed by atoms with E-state index in [1.807, 2.05) is 18.2 Å². The summed E-state index contributed by atoms with van der Waals surface area (Å²) in [7, 11) is 0. The minimum atomic E-state index is -4.69. The Morgan fingerprint density at radius 2 is 2.04 bits per heavy atom. The summed E-state index contributed by atoms with van der Waals surface area (Å²) in [5, 5.41) is 9.71. The average Bonchev–Trinajstić information content (AvgIpc) is 3.22. The molecule has 6 nitrogen and oxygen atoms in total. The second-order valence-corrected chi connectivity index (χ2v) is 6.60. The van der Waals surface area contributed by atoms with Crippen molar-refractivity contribution in [3.05, 3.63) is 41.2 Å². The summed E-state index contributed by atoms with van der Waals surface area (Å²) in [5.74, 6) is -2.82. The number of fused-ring (bicyclic) bond motifs is 1. The summed E-state index contributed by atoms with van der Waals surface area (Å²) >= 11 is 0. The van der Waals surface area contributed by atoms with Crippen LogP contribution in [0.4, 0.5) is 13.2 Å². The molecule has 26 heavy (non-hydrogen) atoms. The van der Waals surface area contributed by atoms with Crippen LogP contribution >= 0.6 is 0 Å². The van der Waals surface area contributed by atoms with Crippen LogP contribution < -0.4 is 10.1 Å². The van der Waals surface area contributed by atoms with E-state index >= 15 is 0 Å². The molecule has 2 atom stereocenters. The van der Waals surface area contributed by atoms with Gasteiger partial charge in [-0.15, -0.1) is 5.11 Å². The predicted octanol–water partition coefficient (Wildman–Crippen LogP) is 2.76. The van der Waals surface area contributed by atoms with E-state index in [4.69, 9.17) is 4.74 Å². The molecule has 3 heterocycles. The molecule has 3 aliphatic rings. The van der Waals surface area contributed by atoms with Crippen LogP contribution in [0.5, 0.6) is 5.75 Å². The molecule has 0 bridgehead atoms. The second kappa shape index (κ2) is 6.39. The molecule has 1 saturated heterocycles. The van der Waals surface area contributed by atoms with Crippen molar-refractivity contribution in [1.82, 2.24) is 10.2 Å². The second-order valence-electron chi connectivity index (χ2n) is 6.60. The Morgan fingerprint density at radius 3 is 2.77 bits per heavy atom. The number of halogens is 3. The van der Waals surface area contributed by atoms with Crippen LogP contribution in [0.15, 0.2) is 40.3 Å². The first-order valence-corrected chi connectivity index (χ1v) is 8.37.